The van der Waals surface area contributed by atoms with E-state index in [4.69, 9.17) is 4.74 Å². The highest BCUT2D eigenvalue weighted by Gasteiger charge is 2.39. The Morgan fingerprint density at radius 3 is 2.40 bits per heavy atom. The van der Waals surface area contributed by atoms with Crippen molar-refractivity contribution in [3.05, 3.63) is 59.3 Å². The third-order valence-electron chi connectivity index (χ3n) is 11.0. The van der Waals surface area contributed by atoms with Crippen LogP contribution >= 0.6 is 0 Å². The van der Waals surface area contributed by atoms with Crippen LogP contribution in [0.5, 0.6) is 0 Å². The largest absolute Gasteiger partial charge is 0.435 e. The summed E-state index contributed by atoms with van der Waals surface area (Å²) in [5.41, 5.74) is 4.94. The van der Waals surface area contributed by atoms with Crippen LogP contribution in [0.4, 0.5) is 15.3 Å². The second-order valence-corrected chi connectivity index (χ2v) is 13.9. The van der Waals surface area contributed by atoms with E-state index in [9.17, 15) is 14.4 Å². The van der Waals surface area contributed by atoms with Crippen LogP contribution in [-0.4, -0.2) is 125 Å². The fraction of sp³-hybridized carbons (Fsp3) is 0.556. The summed E-state index contributed by atoms with van der Waals surface area (Å²) < 4.78 is 6.22. The van der Waals surface area contributed by atoms with Gasteiger partial charge in [0.1, 0.15) is 0 Å². The third-order valence-corrected chi connectivity index (χ3v) is 11.0. The molecule has 4 amide bonds. The molecule has 5 heterocycles. The Balaban J connectivity index is 1.02. The molecule has 4 aliphatic rings. The molecule has 3 N–H and O–H groups in total. The number of carbonyl (C=O) groups is 3. The Bertz CT molecular complexity index is 1620. The number of urea groups is 1. The van der Waals surface area contributed by atoms with Crippen molar-refractivity contribution in [3.63, 3.8) is 0 Å². The average Bonchev–Trinajstić information content (AvgIpc) is 3.54. The number of aromatic nitrogens is 2. The number of fused-ring (bicyclic) bond motifs is 2. The van der Waals surface area contributed by atoms with Crippen LogP contribution in [0.2, 0.25) is 0 Å². The maximum atomic E-state index is 14.3. The van der Waals surface area contributed by atoms with Gasteiger partial charge in [-0.05, 0) is 67.9 Å². The zero-order valence-electron chi connectivity index (χ0n) is 28.1. The number of amides is 4. The lowest BCUT2D eigenvalue weighted by molar-refractivity contribution is -0.143. The molecule has 1 unspecified atom stereocenters. The quantitative estimate of drug-likeness (QED) is 0.367. The predicted octanol–water partition coefficient (Wildman–Crippen LogP) is 3.93. The number of likely N-dealkylation sites (tertiary alicyclic amines) is 2. The summed E-state index contributed by atoms with van der Waals surface area (Å²) in [5.74, 6) is -0.486. The maximum absolute atomic E-state index is 14.3. The van der Waals surface area contributed by atoms with E-state index < -0.39 is 12.2 Å². The van der Waals surface area contributed by atoms with Crippen molar-refractivity contribution in [3.8, 4) is 0 Å². The standard InChI is InChI=1S/C36H48N8O4/c1-24-21-27(22-28-23-38-40-32(24)28)25(2)33(34(45)42-14-8-29(9-15-42)41-19-12-37-13-20-41)48-36(47)43-16-10-30(11-17-43)44-18-7-26-5-3-4-6-31(26)39-35(44)46/h3-6,21-23,25,29-30,33,37H,7-20H2,1-2H3,(H,38,40)(H,39,46)/t25-,33?/m1/s1. The Morgan fingerprint density at radius 1 is 0.917 bits per heavy atom. The molecule has 3 aromatic rings. The molecule has 0 aliphatic carbocycles. The van der Waals surface area contributed by atoms with Crippen LogP contribution < -0.4 is 10.6 Å². The minimum absolute atomic E-state index is 0.0290. The van der Waals surface area contributed by atoms with Crippen LogP contribution in [0.1, 0.15) is 55.2 Å². The first kappa shape index (κ1) is 32.4. The van der Waals surface area contributed by atoms with Gasteiger partial charge in [0, 0.05) is 88.0 Å². The SMILES string of the molecule is Cc1cc([C@@H](C)C(OC(=O)N2CCC(N3CCc4ccccc4NC3=O)CC2)C(=O)N2CCC(N3CCNCC3)CC2)cc2cn[nH]c12. The van der Waals surface area contributed by atoms with Crippen molar-refractivity contribution in [2.24, 2.45) is 0 Å². The van der Waals surface area contributed by atoms with Crippen LogP contribution in [0.3, 0.4) is 0 Å². The first-order chi connectivity index (χ1) is 23.4. The Morgan fingerprint density at radius 2 is 1.62 bits per heavy atom. The minimum Gasteiger partial charge on any atom is -0.435 e. The van der Waals surface area contributed by atoms with Crippen LogP contribution in [0, 0.1) is 6.92 Å². The average molecular weight is 657 g/mol. The summed E-state index contributed by atoms with van der Waals surface area (Å²) in [6, 6.07) is 12.4. The number of anilines is 1. The van der Waals surface area contributed by atoms with E-state index in [1.807, 2.05) is 47.9 Å². The Kier molecular flexibility index (Phi) is 9.54. The number of rotatable bonds is 6. The molecule has 256 valence electrons. The summed E-state index contributed by atoms with van der Waals surface area (Å²) in [7, 11) is 0. The van der Waals surface area contributed by atoms with E-state index in [1.54, 1.807) is 11.1 Å². The number of aromatic amines is 1. The van der Waals surface area contributed by atoms with Gasteiger partial charge < -0.3 is 30.1 Å². The number of aryl methyl sites for hydroxylation is 1. The molecule has 0 bridgehead atoms. The molecule has 48 heavy (non-hydrogen) atoms. The summed E-state index contributed by atoms with van der Waals surface area (Å²) in [5, 5.41) is 14.7. The molecule has 2 aromatic carbocycles. The van der Waals surface area contributed by atoms with Crippen LogP contribution in [0.25, 0.3) is 10.9 Å². The van der Waals surface area contributed by atoms with Crippen molar-refractivity contribution in [2.45, 2.75) is 70.1 Å². The first-order valence-electron chi connectivity index (χ1n) is 17.6. The molecular formula is C36H48N8O4. The minimum atomic E-state index is -0.954. The summed E-state index contributed by atoms with van der Waals surface area (Å²) in [6.07, 6.45) is 4.30. The number of hydrogen-bond donors (Lipinski definition) is 3. The van der Waals surface area contributed by atoms with Crippen molar-refractivity contribution in [1.82, 2.24) is 35.1 Å². The molecule has 12 nitrogen and oxygen atoms in total. The molecule has 3 fully saturated rings. The van der Waals surface area contributed by atoms with Gasteiger partial charge in [-0.25, -0.2) is 9.59 Å². The lowest BCUT2D eigenvalue weighted by atomic mass is 9.91. The van der Waals surface area contributed by atoms with Crippen LogP contribution in [0.15, 0.2) is 42.6 Å². The Labute approximate surface area is 282 Å². The molecule has 0 radical (unpaired) electrons. The third kappa shape index (κ3) is 6.73. The lowest BCUT2D eigenvalue weighted by Crippen LogP contribution is -2.55. The number of nitrogens with one attached hydrogen (secondary N) is 3. The lowest BCUT2D eigenvalue weighted by Gasteiger charge is -2.41. The molecule has 0 saturated carbocycles. The highest BCUT2D eigenvalue weighted by molar-refractivity contribution is 5.91. The number of piperazine rings is 1. The van der Waals surface area contributed by atoms with Crippen molar-refractivity contribution >= 4 is 34.6 Å². The summed E-state index contributed by atoms with van der Waals surface area (Å²) >= 11 is 0. The number of carbonyl (C=O) groups excluding carboxylic acids is 3. The van der Waals surface area contributed by atoms with Gasteiger partial charge in [-0.3, -0.25) is 14.8 Å². The first-order valence-corrected chi connectivity index (χ1v) is 17.6. The predicted molar refractivity (Wildman–Crippen MR) is 184 cm³/mol. The van der Waals surface area contributed by atoms with E-state index in [2.05, 4.69) is 37.9 Å². The van der Waals surface area contributed by atoms with Crippen molar-refractivity contribution in [1.29, 1.82) is 0 Å². The molecule has 2 atom stereocenters. The number of piperidine rings is 2. The molecular weight excluding hydrogens is 608 g/mol. The molecule has 1 aromatic heterocycles. The monoisotopic (exact) mass is 656 g/mol. The molecule has 4 aliphatic heterocycles. The van der Waals surface area contributed by atoms with Gasteiger partial charge in [0.15, 0.2) is 6.10 Å². The van der Waals surface area contributed by atoms with Crippen LogP contribution in [-0.2, 0) is 16.0 Å². The van der Waals surface area contributed by atoms with E-state index >= 15 is 0 Å². The zero-order valence-corrected chi connectivity index (χ0v) is 28.1. The molecule has 12 heteroatoms. The topological polar surface area (TPSA) is 126 Å². The van der Waals surface area contributed by atoms with E-state index in [-0.39, 0.29) is 23.9 Å². The number of para-hydroxylation sites is 1. The van der Waals surface area contributed by atoms with Gasteiger partial charge in [-0.15, -0.1) is 0 Å². The van der Waals surface area contributed by atoms with E-state index in [0.717, 1.165) is 78.7 Å². The smallest absolute Gasteiger partial charge is 0.410 e. The van der Waals surface area contributed by atoms with Gasteiger partial charge in [0.05, 0.1) is 11.7 Å². The number of nitrogens with zero attached hydrogens (tertiary/aromatic N) is 5. The van der Waals surface area contributed by atoms with E-state index in [0.29, 0.717) is 51.6 Å². The Hall–Kier alpha value is -4.16. The van der Waals surface area contributed by atoms with E-state index in [1.165, 1.54) is 0 Å². The summed E-state index contributed by atoms with van der Waals surface area (Å²) in [4.78, 5) is 49.2. The highest BCUT2D eigenvalue weighted by atomic mass is 16.6. The molecule has 7 rings (SSSR count). The highest BCUT2D eigenvalue weighted by Crippen LogP contribution is 2.31. The second kappa shape index (κ2) is 14.1. The van der Waals surface area contributed by atoms with Gasteiger partial charge in [0.25, 0.3) is 5.91 Å². The van der Waals surface area contributed by atoms with Gasteiger partial charge in [0.2, 0.25) is 0 Å². The van der Waals surface area contributed by atoms with Crippen molar-refractivity contribution < 1.29 is 19.1 Å². The number of benzene rings is 2. The second-order valence-electron chi connectivity index (χ2n) is 13.9. The van der Waals surface area contributed by atoms with Gasteiger partial charge >= 0.3 is 12.1 Å². The fourth-order valence-corrected chi connectivity index (χ4v) is 8.03. The van der Waals surface area contributed by atoms with Crippen molar-refractivity contribution in [2.75, 3.05) is 64.2 Å². The number of ether oxygens (including phenoxy) is 1. The van der Waals surface area contributed by atoms with Gasteiger partial charge in [-0.2, -0.15) is 5.10 Å². The zero-order chi connectivity index (χ0) is 33.2. The number of hydrogen-bond acceptors (Lipinski definition) is 7. The van der Waals surface area contributed by atoms with Gasteiger partial charge in [-0.1, -0.05) is 31.2 Å². The maximum Gasteiger partial charge on any atom is 0.410 e. The molecule has 3 saturated heterocycles. The normalized spacial score (nSPS) is 21.4. The fourth-order valence-electron chi connectivity index (χ4n) is 8.03. The molecule has 0 spiro atoms. The summed E-state index contributed by atoms with van der Waals surface area (Å²) in [6.45, 7) is 11.0. The number of H-pyrrole nitrogens is 1.